The van der Waals surface area contributed by atoms with Gasteiger partial charge in [0.05, 0.1) is 5.39 Å². The maximum atomic E-state index is 4.62. The second-order valence-corrected chi connectivity index (χ2v) is 7.14. The van der Waals surface area contributed by atoms with Crippen LogP contribution in [0.2, 0.25) is 0 Å². The van der Waals surface area contributed by atoms with Gasteiger partial charge >= 0.3 is 0 Å². The third kappa shape index (κ3) is 2.88. The molecular weight excluding hydrogens is 328 g/mol. The molecule has 3 aromatic heterocycles. The Morgan fingerprint density at radius 2 is 2.00 bits per heavy atom. The van der Waals surface area contributed by atoms with Gasteiger partial charge in [-0.3, -0.25) is 0 Å². The molecule has 3 aromatic rings. The molecule has 0 bridgehead atoms. The Balaban J connectivity index is 1.54. The molecule has 6 nitrogen and oxygen atoms in total. The lowest BCUT2D eigenvalue weighted by Gasteiger charge is -2.22. The van der Waals surface area contributed by atoms with Crippen molar-refractivity contribution in [3.8, 4) is 0 Å². The molecule has 0 unspecified atom stereocenters. The number of aromatic nitrogens is 4. The van der Waals surface area contributed by atoms with Crippen molar-refractivity contribution in [3.63, 3.8) is 0 Å². The van der Waals surface area contributed by atoms with Gasteiger partial charge in [-0.25, -0.2) is 15.0 Å². The molecular formula is C15H18N6S2. The van der Waals surface area contributed by atoms with Crippen LogP contribution in [0.5, 0.6) is 0 Å². The first-order chi connectivity index (χ1) is 11.3. The van der Waals surface area contributed by atoms with E-state index in [1.807, 2.05) is 0 Å². The topological polar surface area (TPSA) is 58.0 Å². The summed E-state index contributed by atoms with van der Waals surface area (Å²) in [7, 11) is 0. The van der Waals surface area contributed by atoms with Crippen molar-refractivity contribution in [2.45, 2.75) is 19.8 Å². The first-order valence-electron chi connectivity index (χ1n) is 7.86. The van der Waals surface area contributed by atoms with Gasteiger partial charge in [-0.2, -0.15) is 4.37 Å². The summed E-state index contributed by atoms with van der Waals surface area (Å²) in [6.07, 6.45) is 3.67. The minimum absolute atomic E-state index is 0.896. The summed E-state index contributed by atoms with van der Waals surface area (Å²) in [4.78, 5) is 19.3. The molecule has 0 N–H and O–H groups in total. The van der Waals surface area contributed by atoms with E-state index in [0.717, 1.165) is 66.0 Å². The van der Waals surface area contributed by atoms with Crippen LogP contribution in [-0.4, -0.2) is 45.5 Å². The zero-order valence-electron chi connectivity index (χ0n) is 13.0. The normalized spacial score (nSPS) is 16.0. The first kappa shape index (κ1) is 14.8. The number of fused-ring (bicyclic) bond motifs is 1. The number of thiophene rings is 1. The monoisotopic (exact) mass is 346 g/mol. The van der Waals surface area contributed by atoms with Crippen LogP contribution in [0.15, 0.2) is 17.8 Å². The highest BCUT2D eigenvalue weighted by molar-refractivity contribution is 7.16. The van der Waals surface area contributed by atoms with E-state index in [9.17, 15) is 0 Å². The summed E-state index contributed by atoms with van der Waals surface area (Å²) in [6.45, 7) is 6.03. The molecule has 0 spiro atoms. The van der Waals surface area contributed by atoms with Crippen LogP contribution in [0.25, 0.3) is 10.2 Å². The van der Waals surface area contributed by atoms with Gasteiger partial charge in [0, 0.05) is 44.1 Å². The van der Waals surface area contributed by atoms with Crippen molar-refractivity contribution in [1.82, 2.24) is 19.3 Å². The summed E-state index contributed by atoms with van der Waals surface area (Å²) in [5.74, 6) is 2.01. The van der Waals surface area contributed by atoms with Crippen molar-refractivity contribution in [1.29, 1.82) is 0 Å². The lowest BCUT2D eigenvalue weighted by atomic mass is 10.3. The third-order valence-electron chi connectivity index (χ3n) is 4.08. The van der Waals surface area contributed by atoms with Crippen LogP contribution in [0.4, 0.5) is 10.9 Å². The number of nitrogens with zero attached hydrogens (tertiary/aromatic N) is 6. The Labute approximate surface area is 143 Å². The summed E-state index contributed by atoms with van der Waals surface area (Å²) in [6, 6.07) is 2.12. The van der Waals surface area contributed by atoms with Crippen LogP contribution in [0.1, 0.15) is 19.2 Å². The second-order valence-electron chi connectivity index (χ2n) is 5.51. The molecule has 1 aliphatic heterocycles. The maximum Gasteiger partial charge on any atom is 0.205 e. The largest absolute Gasteiger partial charge is 0.354 e. The molecule has 0 aromatic carbocycles. The Morgan fingerprint density at radius 1 is 1.13 bits per heavy atom. The molecule has 120 valence electrons. The van der Waals surface area contributed by atoms with E-state index in [-0.39, 0.29) is 0 Å². The Hall–Kier alpha value is -1.80. The highest BCUT2D eigenvalue weighted by Crippen LogP contribution is 2.28. The van der Waals surface area contributed by atoms with Crippen LogP contribution in [0, 0.1) is 0 Å². The molecule has 1 fully saturated rings. The van der Waals surface area contributed by atoms with Crippen molar-refractivity contribution in [2.24, 2.45) is 0 Å². The van der Waals surface area contributed by atoms with Gasteiger partial charge in [0.1, 0.15) is 22.8 Å². The average molecular weight is 346 g/mol. The van der Waals surface area contributed by atoms with E-state index >= 15 is 0 Å². The molecule has 1 saturated heterocycles. The van der Waals surface area contributed by atoms with Crippen LogP contribution >= 0.6 is 22.9 Å². The highest BCUT2D eigenvalue weighted by Gasteiger charge is 2.20. The number of aryl methyl sites for hydroxylation is 1. The van der Waals surface area contributed by atoms with E-state index in [2.05, 4.69) is 47.5 Å². The lowest BCUT2D eigenvalue weighted by Crippen LogP contribution is -2.31. The van der Waals surface area contributed by atoms with Crippen LogP contribution in [0.3, 0.4) is 0 Å². The predicted octanol–water partition coefficient (Wildman–Crippen LogP) is 2.82. The summed E-state index contributed by atoms with van der Waals surface area (Å²) < 4.78 is 4.41. The number of hydrogen-bond acceptors (Lipinski definition) is 8. The summed E-state index contributed by atoms with van der Waals surface area (Å²) in [5.41, 5.74) is 0. The SMILES string of the molecule is CCc1nsc(N2CCCN(c3ncnc4sccc34)CC2)n1. The van der Waals surface area contributed by atoms with Gasteiger partial charge < -0.3 is 9.80 Å². The summed E-state index contributed by atoms with van der Waals surface area (Å²) in [5, 5.41) is 4.29. The fraction of sp³-hybridized carbons (Fsp3) is 0.467. The smallest absolute Gasteiger partial charge is 0.205 e. The molecule has 0 radical (unpaired) electrons. The van der Waals surface area contributed by atoms with Crippen molar-refractivity contribution in [2.75, 3.05) is 36.0 Å². The van der Waals surface area contributed by atoms with Crippen molar-refractivity contribution < 1.29 is 0 Å². The molecule has 1 aliphatic rings. The second kappa shape index (κ2) is 6.37. The fourth-order valence-corrected chi connectivity index (χ4v) is 4.39. The molecule has 0 aliphatic carbocycles. The van der Waals surface area contributed by atoms with Gasteiger partial charge in [0.15, 0.2) is 0 Å². The number of rotatable bonds is 3. The Morgan fingerprint density at radius 3 is 2.87 bits per heavy atom. The van der Waals surface area contributed by atoms with Crippen molar-refractivity contribution in [3.05, 3.63) is 23.6 Å². The lowest BCUT2D eigenvalue weighted by molar-refractivity contribution is 0.797. The molecule has 0 saturated carbocycles. The molecule has 4 rings (SSSR count). The van der Waals surface area contributed by atoms with Gasteiger partial charge in [0.2, 0.25) is 5.13 Å². The minimum Gasteiger partial charge on any atom is -0.354 e. The Bertz CT molecular complexity index is 798. The quantitative estimate of drug-likeness (QED) is 0.727. The summed E-state index contributed by atoms with van der Waals surface area (Å²) >= 11 is 3.18. The Kier molecular flexibility index (Phi) is 4.09. The molecule has 23 heavy (non-hydrogen) atoms. The van der Waals surface area contributed by atoms with E-state index in [1.54, 1.807) is 17.7 Å². The van der Waals surface area contributed by atoms with E-state index in [0.29, 0.717) is 0 Å². The first-order valence-corrected chi connectivity index (χ1v) is 9.51. The van der Waals surface area contributed by atoms with Gasteiger partial charge in [-0.1, -0.05) is 6.92 Å². The van der Waals surface area contributed by atoms with Crippen LogP contribution in [-0.2, 0) is 6.42 Å². The van der Waals surface area contributed by atoms with Gasteiger partial charge in [0.25, 0.3) is 0 Å². The molecule has 0 amide bonds. The van der Waals surface area contributed by atoms with E-state index < -0.39 is 0 Å². The standard InChI is InChI=1S/C15H18N6S2/c1-2-12-18-15(23-19-12)21-6-3-5-20(7-8-21)13-11-4-9-22-14(11)17-10-16-13/h4,9-10H,2-3,5-8H2,1H3. The fourth-order valence-electron chi connectivity index (χ4n) is 2.87. The zero-order chi connectivity index (χ0) is 15.6. The van der Waals surface area contributed by atoms with E-state index in [1.165, 1.54) is 11.5 Å². The number of hydrogen-bond donors (Lipinski definition) is 0. The van der Waals surface area contributed by atoms with E-state index in [4.69, 9.17) is 0 Å². The average Bonchev–Trinajstić information content (AvgIpc) is 3.19. The predicted molar refractivity (Wildman–Crippen MR) is 95.7 cm³/mol. The minimum atomic E-state index is 0.896. The number of anilines is 2. The van der Waals surface area contributed by atoms with Crippen molar-refractivity contribution >= 4 is 44.0 Å². The van der Waals surface area contributed by atoms with Gasteiger partial charge in [-0.05, 0) is 17.9 Å². The molecule has 8 heteroatoms. The van der Waals surface area contributed by atoms with Gasteiger partial charge in [-0.15, -0.1) is 11.3 Å². The molecule has 4 heterocycles. The maximum absolute atomic E-state index is 4.62. The molecule has 0 atom stereocenters. The zero-order valence-corrected chi connectivity index (χ0v) is 14.6. The van der Waals surface area contributed by atoms with Crippen LogP contribution < -0.4 is 9.80 Å². The third-order valence-corrected chi connectivity index (χ3v) is 5.72. The highest BCUT2D eigenvalue weighted by atomic mass is 32.1.